The number of hydrogen-bond acceptors (Lipinski definition) is 8. The van der Waals surface area contributed by atoms with E-state index < -0.39 is 0 Å². The van der Waals surface area contributed by atoms with E-state index in [-0.39, 0.29) is 29.2 Å². The third kappa shape index (κ3) is 3.37. The maximum atomic E-state index is 14.5. The highest BCUT2D eigenvalue weighted by atomic mass is 19.1. The van der Waals surface area contributed by atoms with Crippen LogP contribution in [0.4, 0.5) is 15.9 Å². The second-order valence-corrected chi connectivity index (χ2v) is 9.94. The number of benzene rings is 1. The molecule has 1 aliphatic heterocycles. The Morgan fingerprint density at radius 1 is 1.21 bits per heavy atom. The second kappa shape index (κ2) is 7.59. The first-order valence-electron chi connectivity index (χ1n) is 11.8. The maximum absolute atomic E-state index is 14.5. The summed E-state index contributed by atoms with van der Waals surface area (Å²) in [6.07, 6.45) is 6.13. The van der Waals surface area contributed by atoms with Gasteiger partial charge in [0.15, 0.2) is 5.75 Å². The first-order valence-corrected chi connectivity index (χ1v) is 11.8. The van der Waals surface area contributed by atoms with Crippen LogP contribution in [0.3, 0.4) is 0 Å². The minimum absolute atomic E-state index is 0.0979. The van der Waals surface area contributed by atoms with Crippen LogP contribution in [-0.4, -0.2) is 46.1 Å². The van der Waals surface area contributed by atoms with Gasteiger partial charge in [-0.2, -0.15) is 9.97 Å². The molecule has 0 bridgehead atoms. The average Bonchev–Trinajstić information content (AvgIpc) is 3.40. The van der Waals surface area contributed by atoms with Gasteiger partial charge in [-0.1, -0.05) is 13.8 Å². The van der Waals surface area contributed by atoms with Gasteiger partial charge in [0.05, 0.1) is 18.1 Å². The molecule has 34 heavy (non-hydrogen) atoms. The molecule has 0 amide bonds. The van der Waals surface area contributed by atoms with E-state index in [1.807, 2.05) is 13.8 Å². The lowest BCUT2D eigenvalue weighted by molar-refractivity contribution is 0.435. The normalized spacial score (nSPS) is 19.5. The van der Waals surface area contributed by atoms with Gasteiger partial charge < -0.3 is 20.7 Å². The number of anilines is 2. The van der Waals surface area contributed by atoms with Gasteiger partial charge in [-0.05, 0) is 36.1 Å². The van der Waals surface area contributed by atoms with Crippen LogP contribution in [0.5, 0.6) is 11.8 Å². The molecule has 1 saturated heterocycles. The molecular formula is C25H28FN7O. The quantitative estimate of drug-likeness (QED) is 0.462. The first-order chi connectivity index (χ1) is 16.4. The Morgan fingerprint density at radius 3 is 2.62 bits per heavy atom. The Balaban J connectivity index is 1.43. The smallest absolute Gasteiger partial charge is 0.324 e. The van der Waals surface area contributed by atoms with Crippen LogP contribution in [0.15, 0.2) is 24.5 Å². The summed E-state index contributed by atoms with van der Waals surface area (Å²) in [5.41, 5.74) is 11.0. The summed E-state index contributed by atoms with van der Waals surface area (Å²) in [7, 11) is 1.80. The Morgan fingerprint density at radius 2 is 1.97 bits per heavy atom. The third-order valence-electron chi connectivity index (χ3n) is 7.32. The second-order valence-electron chi connectivity index (χ2n) is 9.94. The van der Waals surface area contributed by atoms with E-state index in [1.54, 1.807) is 25.5 Å². The SMILES string of the molecule is CNc1cc(F)cc2c1Cc1nc(Oc3cnc(C(C)C)nc3)nc(N3C[C@H](N)C4(CC4)C3)c1-2. The number of ether oxygens (including phenoxy) is 1. The van der Waals surface area contributed by atoms with Crippen molar-refractivity contribution in [3.05, 3.63) is 47.4 Å². The summed E-state index contributed by atoms with van der Waals surface area (Å²) in [6, 6.07) is 3.44. The zero-order chi connectivity index (χ0) is 23.6. The molecule has 1 aromatic carbocycles. The van der Waals surface area contributed by atoms with Crippen molar-refractivity contribution < 1.29 is 9.13 Å². The zero-order valence-electron chi connectivity index (χ0n) is 19.6. The molecule has 0 radical (unpaired) electrons. The summed E-state index contributed by atoms with van der Waals surface area (Å²) in [5, 5.41) is 3.12. The van der Waals surface area contributed by atoms with Gasteiger partial charge in [0, 0.05) is 55.2 Å². The highest BCUT2D eigenvalue weighted by Crippen LogP contribution is 2.54. The molecule has 2 aromatic heterocycles. The van der Waals surface area contributed by atoms with Gasteiger partial charge in [0.2, 0.25) is 0 Å². The van der Waals surface area contributed by atoms with Gasteiger partial charge in [-0.25, -0.2) is 14.4 Å². The molecule has 1 saturated carbocycles. The van der Waals surface area contributed by atoms with Crippen LogP contribution < -0.4 is 20.7 Å². The lowest BCUT2D eigenvalue weighted by Gasteiger charge is -2.21. The van der Waals surface area contributed by atoms with E-state index in [0.29, 0.717) is 18.7 Å². The Bertz CT molecular complexity index is 1270. The van der Waals surface area contributed by atoms with E-state index in [2.05, 4.69) is 20.2 Å². The molecule has 8 nitrogen and oxygen atoms in total. The first kappa shape index (κ1) is 21.2. The molecule has 3 heterocycles. The molecule has 3 N–H and O–H groups in total. The van der Waals surface area contributed by atoms with Crippen LogP contribution >= 0.6 is 0 Å². The van der Waals surface area contributed by atoms with Crippen LogP contribution in [0, 0.1) is 11.2 Å². The van der Waals surface area contributed by atoms with E-state index >= 15 is 0 Å². The summed E-state index contributed by atoms with van der Waals surface area (Å²) in [4.78, 5) is 20.5. The molecule has 176 valence electrons. The summed E-state index contributed by atoms with van der Waals surface area (Å²) >= 11 is 0. The van der Waals surface area contributed by atoms with Crippen molar-refractivity contribution in [1.29, 1.82) is 0 Å². The molecule has 3 aliphatic rings. The number of hydrogen-bond donors (Lipinski definition) is 2. The van der Waals surface area contributed by atoms with Gasteiger partial charge in [-0.15, -0.1) is 0 Å². The topological polar surface area (TPSA) is 102 Å². The molecule has 1 atom stereocenters. The van der Waals surface area contributed by atoms with Gasteiger partial charge in [-0.3, -0.25) is 0 Å². The predicted molar refractivity (Wildman–Crippen MR) is 128 cm³/mol. The van der Waals surface area contributed by atoms with Crippen molar-refractivity contribution in [3.63, 3.8) is 0 Å². The highest BCUT2D eigenvalue weighted by Gasteiger charge is 2.54. The van der Waals surface area contributed by atoms with Crippen molar-refractivity contribution in [2.45, 2.75) is 45.1 Å². The van der Waals surface area contributed by atoms with Crippen molar-refractivity contribution in [3.8, 4) is 22.9 Å². The largest absolute Gasteiger partial charge is 0.421 e. The lowest BCUT2D eigenvalue weighted by atomic mass is 10.0. The summed E-state index contributed by atoms with van der Waals surface area (Å²) < 4.78 is 20.5. The molecule has 2 aliphatic carbocycles. The fourth-order valence-corrected chi connectivity index (χ4v) is 5.22. The molecule has 9 heteroatoms. The van der Waals surface area contributed by atoms with Crippen LogP contribution in [0.25, 0.3) is 11.1 Å². The summed E-state index contributed by atoms with van der Waals surface area (Å²) in [6.45, 7) is 5.63. The van der Waals surface area contributed by atoms with Gasteiger partial charge >= 0.3 is 6.01 Å². The molecular weight excluding hydrogens is 433 g/mol. The minimum Gasteiger partial charge on any atom is -0.421 e. The molecule has 3 aromatic rings. The maximum Gasteiger partial charge on any atom is 0.324 e. The van der Waals surface area contributed by atoms with E-state index in [1.165, 1.54) is 6.07 Å². The van der Waals surface area contributed by atoms with Gasteiger partial charge in [0.1, 0.15) is 17.5 Å². The number of nitrogens with one attached hydrogen (secondary N) is 1. The fraction of sp³-hybridized carbons (Fsp3) is 0.440. The Kier molecular flexibility index (Phi) is 4.74. The Hall–Kier alpha value is -3.33. The number of aromatic nitrogens is 4. The zero-order valence-corrected chi connectivity index (χ0v) is 19.6. The monoisotopic (exact) mass is 461 g/mol. The molecule has 0 unspecified atom stereocenters. The molecule has 1 spiro atoms. The fourth-order valence-electron chi connectivity index (χ4n) is 5.22. The van der Waals surface area contributed by atoms with Crippen molar-refractivity contribution in [2.24, 2.45) is 11.1 Å². The van der Waals surface area contributed by atoms with Crippen molar-refractivity contribution >= 4 is 11.5 Å². The number of nitrogens with zero attached hydrogens (tertiary/aromatic N) is 5. The number of fused-ring (bicyclic) bond motifs is 3. The average molecular weight is 462 g/mol. The number of halogens is 1. The van der Waals surface area contributed by atoms with Crippen LogP contribution in [0.2, 0.25) is 0 Å². The van der Waals surface area contributed by atoms with E-state index in [0.717, 1.165) is 59.1 Å². The van der Waals surface area contributed by atoms with Gasteiger partial charge in [0.25, 0.3) is 0 Å². The summed E-state index contributed by atoms with van der Waals surface area (Å²) in [5.74, 6) is 1.92. The number of nitrogens with two attached hydrogens (primary N) is 1. The van der Waals surface area contributed by atoms with Crippen LogP contribution in [0.1, 0.15) is 49.7 Å². The van der Waals surface area contributed by atoms with E-state index in [9.17, 15) is 4.39 Å². The van der Waals surface area contributed by atoms with Crippen molar-refractivity contribution in [1.82, 2.24) is 19.9 Å². The minimum atomic E-state index is -0.290. The van der Waals surface area contributed by atoms with Crippen LogP contribution in [-0.2, 0) is 6.42 Å². The Labute approximate surface area is 197 Å². The van der Waals surface area contributed by atoms with Crippen molar-refractivity contribution in [2.75, 3.05) is 30.4 Å². The lowest BCUT2D eigenvalue weighted by Crippen LogP contribution is -2.30. The molecule has 6 rings (SSSR count). The molecule has 2 fully saturated rings. The number of rotatable bonds is 5. The third-order valence-corrected chi connectivity index (χ3v) is 7.32. The van der Waals surface area contributed by atoms with E-state index in [4.69, 9.17) is 20.4 Å². The predicted octanol–water partition coefficient (Wildman–Crippen LogP) is 3.86. The highest BCUT2D eigenvalue weighted by molar-refractivity contribution is 5.88. The standard InChI is InChI=1S/C25H28FN7O/c1-13(2)22-29-9-15(10-30-22)34-24-31-19-8-16-17(6-14(26)7-18(16)28-3)21(19)23(32-24)33-11-20(27)25(12-33)4-5-25/h6-7,9-10,13,20,28H,4-5,8,11-12,27H2,1-3H3/t20-/m0/s1.